The maximum Gasteiger partial charge on any atom is 0.274 e. The van der Waals surface area contributed by atoms with Crippen molar-refractivity contribution in [3.8, 4) is 16.9 Å². The van der Waals surface area contributed by atoms with E-state index in [1.54, 1.807) is 18.7 Å². The van der Waals surface area contributed by atoms with Gasteiger partial charge in [-0.15, -0.1) is 0 Å². The molecule has 6 nitrogen and oxygen atoms in total. The number of H-pyrrole nitrogens is 1. The Morgan fingerprint density at radius 1 is 1.18 bits per heavy atom. The van der Waals surface area contributed by atoms with Crippen molar-refractivity contribution in [2.24, 2.45) is 7.05 Å². The summed E-state index contributed by atoms with van der Waals surface area (Å²) in [4.78, 5) is 20.5. The van der Waals surface area contributed by atoms with Gasteiger partial charge >= 0.3 is 0 Å². The minimum atomic E-state index is -0.0126. The zero-order valence-corrected chi connectivity index (χ0v) is 16.6. The fraction of sp³-hybridized carbons (Fsp3) is 0.409. The molecule has 2 aliphatic rings. The Balaban J connectivity index is 1.49. The third-order valence-electron chi connectivity index (χ3n) is 6.49. The number of likely N-dealkylation sites (N-methyl/N-ethyl adjacent to an activating group) is 1. The van der Waals surface area contributed by atoms with E-state index in [9.17, 15) is 4.79 Å². The minimum Gasteiger partial charge on any atom is -0.496 e. The summed E-state index contributed by atoms with van der Waals surface area (Å²) in [5.74, 6) is 0.908. The number of methoxy groups -OCH3 is 1. The number of hydrogen-bond acceptors (Lipinski definition) is 4. The van der Waals surface area contributed by atoms with Gasteiger partial charge in [0.25, 0.3) is 5.56 Å². The predicted molar refractivity (Wildman–Crippen MR) is 111 cm³/mol. The lowest BCUT2D eigenvalue weighted by atomic mass is 10.0. The first-order valence-corrected chi connectivity index (χ1v) is 9.83. The van der Waals surface area contributed by atoms with E-state index in [2.05, 4.69) is 40.0 Å². The van der Waals surface area contributed by atoms with Gasteiger partial charge < -0.3 is 19.2 Å². The molecule has 1 N–H and O–H groups in total. The van der Waals surface area contributed by atoms with Gasteiger partial charge in [0.05, 0.1) is 7.11 Å². The monoisotopic (exact) mass is 378 g/mol. The van der Waals surface area contributed by atoms with E-state index >= 15 is 0 Å². The van der Waals surface area contributed by atoms with Crippen molar-refractivity contribution in [2.75, 3.05) is 27.2 Å². The van der Waals surface area contributed by atoms with Gasteiger partial charge in [-0.1, -0.05) is 12.1 Å². The van der Waals surface area contributed by atoms with Gasteiger partial charge in [0.15, 0.2) is 0 Å². The number of aryl methyl sites for hydroxylation is 1. The molecule has 2 bridgehead atoms. The molecule has 0 radical (unpaired) electrons. The van der Waals surface area contributed by atoms with Crippen molar-refractivity contribution >= 4 is 10.9 Å². The molecular formula is C22H26N4O2. The van der Waals surface area contributed by atoms with Gasteiger partial charge in [-0.05, 0) is 31.2 Å². The van der Waals surface area contributed by atoms with Crippen molar-refractivity contribution in [3.05, 3.63) is 52.6 Å². The molecule has 4 heterocycles. The van der Waals surface area contributed by atoms with E-state index in [-0.39, 0.29) is 5.56 Å². The Labute approximate surface area is 164 Å². The van der Waals surface area contributed by atoms with Crippen LogP contribution in [0.25, 0.3) is 22.0 Å². The second-order valence-electron chi connectivity index (χ2n) is 8.16. The Hall–Kier alpha value is -2.57. The summed E-state index contributed by atoms with van der Waals surface area (Å²) < 4.78 is 7.38. The zero-order chi connectivity index (χ0) is 19.4. The summed E-state index contributed by atoms with van der Waals surface area (Å²) in [5.41, 5.74) is 3.94. The number of rotatable bonds is 4. The highest BCUT2D eigenvalue weighted by Gasteiger charge is 2.41. The van der Waals surface area contributed by atoms with Gasteiger partial charge in [-0.3, -0.25) is 9.69 Å². The van der Waals surface area contributed by atoms with Crippen molar-refractivity contribution < 1.29 is 4.74 Å². The van der Waals surface area contributed by atoms with Crippen LogP contribution in [0.15, 0.2) is 41.5 Å². The van der Waals surface area contributed by atoms with Gasteiger partial charge in [0.2, 0.25) is 0 Å². The first kappa shape index (κ1) is 17.5. The number of nitrogens with one attached hydrogen (secondary N) is 1. The lowest BCUT2D eigenvalue weighted by molar-refractivity contribution is 0.142. The highest BCUT2D eigenvalue weighted by Crippen LogP contribution is 2.35. The van der Waals surface area contributed by atoms with Crippen molar-refractivity contribution in [2.45, 2.75) is 25.0 Å². The highest BCUT2D eigenvalue weighted by molar-refractivity contribution is 5.94. The SMILES string of the molecule is COc1cc(-c2cn(C)c(=O)c3[nH]ccc23)ccc1CN1C[C@@H]2CC1CN2C. The van der Waals surface area contributed by atoms with E-state index in [0.29, 0.717) is 17.6 Å². The van der Waals surface area contributed by atoms with Gasteiger partial charge in [0, 0.05) is 67.7 Å². The minimum absolute atomic E-state index is 0.0126. The van der Waals surface area contributed by atoms with Crippen molar-refractivity contribution in [1.29, 1.82) is 0 Å². The third-order valence-corrected chi connectivity index (χ3v) is 6.49. The van der Waals surface area contributed by atoms with Gasteiger partial charge in [-0.2, -0.15) is 0 Å². The summed E-state index contributed by atoms with van der Waals surface area (Å²) in [7, 11) is 5.75. The number of ether oxygens (including phenoxy) is 1. The van der Waals surface area contributed by atoms with Crippen LogP contribution in [0.3, 0.4) is 0 Å². The van der Waals surface area contributed by atoms with Crippen molar-refractivity contribution in [3.63, 3.8) is 0 Å². The Kier molecular flexibility index (Phi) is 4.07. The number of hydrogen-bond donors (Lipinski definition) is 1. The Morgan fingerprint density at radius 3 is 2.75 bits per heavy atom. The molecule has 1 aromatic carbocycles. The smallest absolute Gasteiger partial charge is 0.274 e. The molecule has 146 valence electrons. The fourth-order valence-corrected chi connectivity index (χ4v) is 4.90. The second kappa shape index (κ2) is 6.50. The van der Waals surface area contributed by atoms with Crippen LogP contribution in [-0.2, 0) is 13.6 Å². The summed E-state index contributed by atoms with van der Waals surface area (Å²) >= 11 is 0. The van der Waals surface area contributed by atoms with E-state index in [4.69, 9.17) is 4.74 Å². The summed E-state index contributed by atoms with van der Waals surface area (Å²) in [6.07, 6.45) is 5.00. The molecule has 3 aromatic rings. The number of likely N-dealkylation sites (tertiary alicyclic amines) is 2. The normalized spacial score (nSPS) is 22.4. The van der Waals surface area contributed by atoms with Crippen LogP contribution in [0.5, 0.6) is 5.75 Å². The number of pyridine rings is 1. The number of aromatic amines is 1. The Morgan fingerprint density at radius 2 is 2.04 bits per heavy atom. The first-order chi connectivity index (χ1) is 13.5. The summed E-state index contributed by atoms with van der Waals surface area (Å²) in [6.45, 7) is 3.22. The molecule has 2 fully saturated rings. The zero-order valence-electron chi connectivity index (χ0n) is 16.6. The number of aromatic nitrogens is 2. The number of nitrogens with zero attached hydrogens (tertiary/aromatic N) is 3. The molecule has 2 atom stereocenters. The highest BCUT2D eigenvalue weighted by atomic mass is 16.5. The lowest BCUT2D eigenvalue weighted by Gasteiger charge is -2.32. The first-order valence-electron chi connectivity index (χ1n) is 9.83. The van der Waals surface area contributed by atoms with Crippen LogP contribution < -0.4 is 10.3 Å². The molecule has 0 amide bonds. The molecular weight excluding hydrogens is 352 g/mol. The van der Waals surface area contributed by atoms with Crippen LogP contribution in [0, 0.1) is 0 Å². The summed E-state index contributed by atoms with van der Waals surface area (Å²) in [6, 6.07) is 9.73. The average Bonchev–Trinajstić information content (AvgIpc) is 3.41. The van der Waals surface area contributed by atoms with E-state index < -0.39 is 0 Å². The summed E-state index contributed by atoms with van der Waals surface area (Å²) in [5, 5.41) is 0.942. The van der Waals surface area contributed by atoms with Crippen LogP contribution in [0.1, 0.15) is 12.0 Å². The quantitative estimate of drug-likeness (QED) is 0.758. The molecule has 2 saturated heterocycles. The molecule has 0 saturated carbocycles. The standard InChI is InChI=1S/C22H26N4O2/c1-24-11-17-9-16(24)12-26(17)10-15-5-4-14(8-20(15)28-3)19-13-25(2)22(27)21-18(19)6-7-23-21/h4-8,13,16-17,23H,9-12H2,1-3H3/t16-,17?/m0/s1. The third kappa shape index (κ3) is 2.67. The Bertz CT molecular complexity index is 1100. The van der Waals surface area contributed by atoms with E-state index in [1.807, 2.05) is 18.5 Å². The molecule has 1 unspecified atom stereocenters. The maximum absolute atomic E-state index is 12.3. The number of piperazine rings is 1. The molecule has 2 aromatic heterocycles. The van der Waals surface area contributed by atoms with Crippen LogP contribution in [0.2, 0.25) is 0 Å². The van der Waals surface area contributed by atoms with E-state index in [1.165, 1.54) is 12.0 Å². The second-order valence-corrected chi connectivity index (χ2v) is 8.16. The van der Waals surface area contributed by atoms with Crippen LogP contribution >= 0.6 is 0 Å². The largest absolute Gasteiger partial charge is 0.496 e. The van der Waals surface area contributed by atoms with Gasteiger partial charge in [0.1, 0.15) is 11.3 Å². The molecule has 6 heteroatoms. The maximum atomic E-state index is 12.3. The fourth-order valence-electron chi connectivity index (χ4n) is 4.90. The van der Waals surface area contributed by atoms with Crippen LogP contribution in [-0.4, -0.2) is 58.7 Å². The number of benzene rings is 1. The topological polar surface area (TPSA) is 53.5 Å². The predicted octanol–water partition coefficient (Wildman–Crippen LogP) is 2.43. The molecule has 28 heavy (non-hydrogen) atoms. The lowest BCUT2D eigenvalue weighted by Crippen LogP contribution is -2.43. The molecule has 0 spiro atoms. The van der Waals surface area contributed by atoms with Crippen molar-refractivity contribution in [1.82, 2.24) is 19.4 Å². The van der Waals surface area contributed by atoms with Gasteiger partial charge in [-0.25, -0.2) is 0 Å². The molecule has 0 aliphatic carbocycles. The van der Waals surface area contributed by atoms with Crippen LogP contribution in [0.4, 0.5) is 0 Å². The average molecular weight is 378 g/mol. The molecule has 5 rings (SSSR count). The number of fused-ring (bicyclic) bond motifs is 3. The van der Waals surface area contributed by atoms with E-state index in [0.717, 1.165) is 41.9 Å². The molecule has 2 aliphatic heterocycles.